The molecule has 0 radical (unpaired) electrons. The number of carbonyl (C=O) groups is 1. The fourth-order valence-electron chi connectivity index (χ4n) is 2.10. The molecule has 2 N–H and O–H groups in total. The molecule has 22 heavy (non-hydrogen) atoms. The van der Waals surface area contributed by atoms with Gasteiger partial charge in [0.05, 0.1) is 0 Å². The van der Waals surface area contributed by atoms with E-state index in [0.717, 1.165) is 17.0 Å². The quantitative estimate of drug-likeness (QED) is 0.787. The van der Waals surface area contributed by atoms with Crippen molar-refractivity contribution < 1.29 is 4.79 Å². The summed E-state index contributed by atoms with van der Waals surface area (Å²) in [7, 11) is 0. The Kier molecular flexibility index (Phi) is 5.72. The minimum Gasteiger partial charge on any atom is -0.357 e. The molecule has 0 saturated heterocycles. The normalized spacial score (nSPS) is 12.3. The minimum atomic E-state index is -0.0933. The van der Waals surface area contributed by atoms with Crippen molar-refractivity contribution in [1.29, 1.82) is 0 Å². The fraction of sp³-hybridized carbons (Fsp3) is 0.222. The van der Waals surface area contributed by atoms with Crippen LogP contribution in [0.1, 0.15) is 36.3 Å². The first-order valence-corrected chi connectivity index (χ1v) is 7.38. The number of benzene rings is 1. The third kappa shape index (κ3) is 4.45. The summed E-state index contributed by atoms with van der Waals surface area (Å²) in [5.41, 5.74) is 3.63. The molecule has 0 aliphatic carbocycles. The van der Waals surface area contributed by atoms with E-state index in [2.05, 4.69) is 15.3 Å². The molecule has 2 rings (SSSR count). The van der Waals surface area contributed by atoms with Crippen LogP contribution in [0.4, 0.5) is 0 Å². The van der Waals surface area contributed by atoms with Gasteiger partial charge in [-0.1, -0.05) is 36.4 Å². The number of aromatic amines is 1. The second-order valence-corrected chi connectivity index (χ2v) is 4.93. The van der Waals surface area contributed by atoms with Gasteiger partial charge >= 0.3 is 0 Å². The lowest BCUT2D eigenvalue weighted by atomic mass is 10.1. The van der Waals surface area contributed by atoms with E-state index in [4.69, 9.17) is 0 Å². The fourth-order valence-corrected chi connectivity index (χ4v) is 2.10. The molecule has 0 aliphatic rings. The summed E-state index contributed by atoms with van der Waals surface area (Å²) in [6.45, 7) is 4.52. The molecular weight excluding hydrogens is 274 g/mol. The van der Waals surface area contributed by atoms with Crippen molar-refractivity contribution in [2.24, 2.45) is 4.99 Å². The van der Waals surface area contributed by atoms with Gasteiger partial charge in [-0.25, -0.2) is 0 Å². The van der Waals surface area contributed by atoms with Gasteiger partial charge in [-0.05, 0) is 31.5 Å². The molecule has 0 saturated carbocycles. The van der Waals surface area contributed by atoms with Crippen LogP contribution in [0.15, 0.2) is 65.4 Å². The lowest BCUT2D eigenvalue weighted by Gasteiger charge is -2.06. The summed E-state index contributed by atoms with van der Waals surface area (Å²) in [6, 6.07) is 13.6. The number of nitrogens with zero attached hydrogens (tertiary/aromatic N) is 1. The molecule has 4 nitrogen and oxygen atoms in total. The maximum atomic E-state index is 11.8. The number of nitrogens with one attached hydrogen (secondary N) is 2. The Bertz CT molecular complexity index is 655. The Morgan fingerprint density at radius 2 is 2.00 bits per heavy atom. The number of carbonyl (C=O) groups excluding carboxylic acids is 1. The monoisotopic (exact) mass is 295 g/mol. The number of aliphatic imine (C=N–C) groups is 1. The van der Waals surface area contributed by atoms with Crippen molar-refractivity contribution in [1.82, 2.24) is 10.3 Å². The van der Waals surface area contributed by atoms with E-state index in [0.29, 0.717) is 18.7 Å². The van der Waals surface area contributed by atoms with Crippen molar-refractivity contribution in [3.05, 3.63) is 71.7 Å². The topological polar surface area (TPSA) is 57.2 Å². The Balaban J connectivity index is 1.89. The van der Waals surface area contributed by atoms with Gasteiger partial charge in [-0.2, -0.15) is 0 Å². The van der Waals surface area contributed by atoms with E-state index in [9.17, 15) is 4.79 Å². The van der Waals surface area contributed by atoms with Crippen LogP contribution in [0.5, 0.6) is 0 Å². The molecule has 0 bridgehead atoms. The Hall–Kier alpha value is -2.62. The number of aromatic nitrogens is 1. The number of amides is 1. The largest absolute Gasteiger partial charge is 0.357 e. The molecule has 1 aromatic carbocycles. The van der Waals surface area contributed by atoms with Gasteiger partial charge in [-0.3, -0.25) is 9.79 Å². The number of H-pyrrole nitrogens is 1. The van der Waals surface area contributed by atoms with Crippen LogP contribution >= 0.6 is 0 Å². The molecule has 0 aliphatic heterocycles. The van der Waals surface area contributed by atoms with Gasteiger partial charge in [-0.15, -0.1) is 0 Å². The van der Waals surface area contributed by atoms with Gasteiger partial charge in [0.25, 0.3) is 5.91 Å². The summed E-state index contributed by atoms with van der Waals surface area (Å²) in [5.74, 6) is -0.0933. The van der Waals surface area contributed by atoms with Gasteiger partial charge in [0.15, 0.2) is 0 Å². The molecule has 2 aromatic rings. The smallest absolute Gasteiger partial charge is 0.267 e. The molecule has 1 amide bonds. The van der Waals surface area contributed by atoms with Crippen molar-refractivity contribution in [3.8, 4) is 0 Å². The highest BCUT2D eigenvalue weighted by Crippen LogP contribution is 2.08. The van der Waals surface area contributed by atoms with Crippen LogP contribution in [0.25, 0.3) is 0 Å². The van der Waals surface area contributed by atoms with Gasteiger partial charge in [0, 0.05) is 30.6 Å². The summed E-state index contributed by atoms with van der Waals surface area (Å²) in [6.07, 6.45) is 4.42. The first-order chi connectivity index (χ1) is 10.7. The third-order valence-electron chi connectivity index (χ3n) is 3.35. The van der Waals surface area contributed by atoms with Gasteiger partial charge in [0.2, 0.25) is 0 Å². The SMILES string of the molecule is C/C=C(/CCNC(=O)c1ccc[nH]1)N=C(C)c1ccccc1. The molecule has 0 spiro atoms. The van der Waals surface area contributed by atoms with E-state index in [1.165, 1.54) is 0 Å². The zero-order chi connectivity index (χ0) is 15.8. The lowest BCUT2D eigenvalue weighted by molar-refractivity contribution is 0.0950. The van der Waals surface area contributed by atoms with Crippen molar-refractivity contribution in [2.75, 3.05) is 6.54 Å². The van der Waals surface area contributed by atoms with Crippen LogP contribution < -0.4 is 5.32 Å². The second-order valence-electron chi connectivity index (χ2n) is 4.93. The highest BCUT2D eigenvalue weighted by Gasteiger charge is 2.05. The predicted molar refractivity (Wildman–Crippen MR) is 90.2 cm³/mol. The van der Waals surface area contributed by atoms with E-state index in [1.807, 2.05) is 50.3 Å². The predicted octanol–water partition coefficient (Wildman–Crippen LogP) is 3.55. The van der Waals surface area contributed by atoms with Gasteiger partial charge in [0.1, 0.15) is 5.69 Å². The maximum absolute atomic E-state index is 11.8. The molecule has 114 valence electrons. The standard InChI is InChI=1S/C18H21N3O/c1-3-16(21-14(2)15-8-5-4-6-9-15)11-13-20-18(22)17-10-7-12-19-17/h3-10,12,19H,11,13H2,1-2H3,(H,20,22)/b16-3-,21-14?. The molecule has 1 aromatic heterocycles. The summed E-state index contributed by atoms with van der Waals surface area (Å²) < 4.78 is 0. The highest BCUT2D eigenvalue weighted by molar-refractivity contribution is 5.99. The first-order valence-electron chi connectivity index (χ1n) is 7.38. The van der Waals surface area contributed by atoms with Crippen molar-refractivity contribution >= 4 is 11.6 Å². The number of hydrogen-bond acceptors (Lipinski definition) is 2. The number of hydrogen-bond donors (Lipinski definition) is 2. The zero-order valence-electron chi connectivity index (χ0n) is 13.0. The van der Waals surface area contributed by atoms with E-state index in [-0.39, 0.29) is 5.91 Å². The molecule has 0 fully saturated rings. The average molecular weight is 295 g/mol. The summed E-state index contributed by atoms with van der Waals surface area (Å²) >= 11 is 0. The van der Waals surface area contributed by atoms with Crippen LogP contribution in [-0.4, -0.2) is 23.1 Å². The molecule has 4 heteroatoms. The van der Waals surface area contributed by atoms with Crippen LogP contribution in [0.3, 0.4) is 0 Å². The van der Waals surface area contributed by atoms with Crippen molar-refractivity contribution in [3.63, 3.8) is 0 Å². The Morgan fingerprint density at radius 1 is 1.23 bits per heavy atom. The number of rotatable bonds is 6. The van der Waals surface area contributed by atoms with Crippen LogP contribution in [-0.2, 0) is 0 Å². The molecule has 0 unspecified atom stereocenters. The third-order valence-corrected chi connectivity index (χ3v) is 3.35. The summed E-state index contributed by atoms with van der Waals surface area (Å²) in [4.78, 5) is 19.4. The second kappa shape index (κ2) is 7.98. The van der Waals surface area contributed by atoms with Crippen molar-refractivity contribution in [2.45, 2.75) is 20.3 Å². The Morgan fingerprint density at radius 3 is 2.64 bits per heavy atom. The minimum absolute atomic E-state index is 0.0933. The number of allylic oxidation sites excluding steroid dienone is 1. The Labute approximate surface area is 131 Å². The van der Waals surface area contributed by atoms with E-state index < -0.39 is 0 Å². The summed E-state index contributed by atoms with van der Waals surface area (Å²) in [5, 5.41) is 2.88. The van der Waals surface area contributed by atoms with E-state index in [1.54, 1.807) is 18.3 Å². The van der Waals surface area contributed by atoms with E-state index >= 15 is 0 Å². The highest BCUT2D eigenvalue weighted by atomic mass is 16.1. The molecule has 1 heterocycles. The molecule has 0 atom stereocenters. The van der Waals surface area contributed by atoms with Gasteiger partial charge < -0.3 is 10.3 Å². The van der Waals surface area contributed by atoms with Crippen LogP contribution in [0, 0.1) is 0 Å². The molecular formula is C18H21N3O. The average Bonchev–Trinajstić information content (AvgIpc) is 3.09. The maximum Gasteiger partial charge on any atom is 0.267 e. The zero-order valence-corrected chi connectivity index (χ0v) is 13.0. The van der Waals surface area contributed by atoms with Crippen LogP contribution in [0.2, 0.25) is 0 Å². The lowest BCUT2D eigenvalue weighted by Crippen LogP contribution is -2.24. The first kappa shape index (κ1) is 15.8.